The Bertz CT molecular complexity index is 493. The van der Waals surface area contributed by atoms with Crippen molar-refractivity contribution in [1.29, 1.82) is 0 Å². The van der Waals surface area contributed by atoms with Crippen molar-refractivity contribution in [3.05, 3.63) is 23.3 Å². The number of rotatable bonds is 3. The van der Waals surface area contributed by atoms with E-state index in [9.17, 15) is 4.79 Å². The van der Waals surface area contributed by atoms with Gasteiger partial charge in [0.15, 0.2) is 0 Å². The third kappa shape index (κ3) is 2.59. The second-order valence-corrected chi connectivity index (χ2v) is 5.45. The summed E-state index contributed by atoms with van der Waals surface area (Å²) in [5, 5.41) is 6.26. The number of methoxy groups -OCH3 is 1. The zero-order valence-corrected chi connectivity index (χ0v) is 11.3. The number of hydrogen-bond donors (Lipinski definition) is 2. The maximum absolute atomic E-state index is 11.5. The van der Waals surface area contributed by atoms with Gasteiger partial charge in [0.25, 0.3) is 0 Å². The number of fused-ring (bicyclic) bond motifs is 1. The zero-order chi connectivity index (χ0) is 13.2. The Labute approximate surface area is 113 Å². The Morgan fingerprint density at radius 2 is 2.11 bits per heavy atom. The van der Waals surface area contributed by atoms with Crippen LogP contribution < -0.4 is 15.4 Å². The van der Waals surface area contributed by atoms with Gasteiger partial charge in [-0.3, -0.25) is 4.79 Å². The summed E-state index contributed by atoms with van der Waals surface area (Å²) in [6.07, 6.45) is 4.03. The lowest BCUT2D eigenvalue weighted by Gasteiger charge is -2.23. The molecule has 0 radical (unpaired) electrons. The molecule has 0 bridgehead atoms. The normalized spacial score (nSPS) is 19.1. The van der Waals surface area contributed by atoms with Crippen molar-refractivity contribution in [3.8, 4) is 5.75 Å². The summed E-state index contributed by atoms with van der Waals surface area (Å²) >= 11 is 0. The molecular weight excluding hydrogens is 240 g/mol. The lowest BCUT2D eigenvalue weighted by molar-refractivity contribution is -0.115. The summed E-state index contributed by atoms with van der Waals surface area (Å²) in [7, 11) is 1.66. The Kier molecular flexibility index (Phi) is 3.42. The van der Waals surface area contributed by atoms with E-state index in [1.54, 1.807) is 7.11 Å². The minimum atomic E-state index is 0.0623. The summed E-state index contributed by atoms with van der Waals surface area (Å²) in [6.45, 7) is 2.24. The van der Waals surface area contributed by atoms with Crippen LogP contribution in [0.15, 0.2) is 12.1 Å². The van der Waals surface area contributed by atoms with E-state index in [1.807, 2.05) is 0 Å². The van der Waals surface area contributed by atoms with Gasteiger partial charge < -0.3 is 15.4 Å². The molecule has 0 spiro atoms. The highest BCUT2D eigenvalue weighted by Crippen LogP contribution is 2.35. The number of benzene rings is 1. The number of ether oxygens (including phenoxy) is 1. The first kappa shape index (κ1) is 12.5. The molecule has 1 aromatic carbocycles. The smallest absolute Gasteiger partial charge is 0.228 e. The van der Waals surface area contributed by atoms with E-state index in [4.69, 9.17) is 4.74 Å². The summed E-state index contributed by atoms with van der Waals surface area (Å²) < 4.78 is 5.41. The van der Waals surface area contributed by atoms with E-state index >= 15 is 0 Å². The van der Waals surface area contributed by atoms with Gasteiger partial charge in [0.05, 0.1) is 19.2 Å². The molecule has 1 fully saturated rings. The molecule has 2 heterocycles. The van der Waals surface area contributed by atoms with Crippen molar-refractivity contribution >= 4 is 11.6 Å². The highest BCUT2D eigenvalue weighted by atomic mass is 16.5. The predicted octanol–water partition coefficient (Wildman–Crippen LogP) is 1.73. The molecule has 2 aliphatic heterocycles. The molecule has 102 valence electrons. The minimum Gasteiger partial charge on any atom is -0.495 e. The molecule has 2 aliphatic rings. The van der Waals surface area contributed by atoms with E-state index in [0.29, 0.717) is 6.42 Å². The monoisotopic (exact) mass is 260 g/mol. The summed E-state index contributed by atoms with van der Waals surface area (Å²) in [5.74, 6) is 1.61. The molecule has 4 nitrogen and oxygen atoms in total. The van der Waals surface area contributed by atoms with Crippen LogP contribution in [-0.4, -0.2) is 26.1 Å². The number of carbonyl (C=O) groups is 1. The minimum absolute atomic E-state index is 0.0623. The zero-order valence-electron chi connectivity index (χ0n) is 11.3. The molecule has 3 rings (SSSR count). The van der Waals surface area contributed by atoms with Crippen LogP contribution in [0.3, 0.4) is 0 Å². The van der Waals surface area contributed by atoms with Gasteiger partial charge in [-0.2, -0.15) is 0 Å². The van der Waals surface area contributed by atoms with E-state index in [2.05, 4.69) is 22.8 Å². The molecule has 1 aromatic rings. The van der Waals surface area contributed by atoms with Gasteiger partial charge in [0.1, 0.15) is 5.75 Å². The quantitative estimate of drug-likeness (QED) is 0.870. The number of nitrogens with one attached hydrogen (secondary N) is 2. The van der Waals surface area contributed by atoms with Crippen molar-refractivity contribution in [2.75, 3.05) is 25.5 Å². The van der Waals surface area contributed by atoms with Crippen LogP contribution >= 0.6 is 0 Å². The van der Waals surface area contributed by atoms with Crippen LogP contribution in [0, 0.1) is 5.92 Å². The molecule has 1 saturated heterocycles. The third-order valence-electron chi connectivity index (χ3n) is 4.06. The maximum atomic E-state index is 11.5. The van der Waals surface area contributed by atoms with Crippen LogP contribution in [-0.2, 0) is 17.6 Å². The summed E-state index contributed by atoms with van der Waals surface area (Å²) in [6, 6.07) is 4.24. The van der Waals surface area contributed by atoms with Gasteiger partial charge >= 0.3 is 0 Å². The molecule has 0 atom stereocenters. The molecule has 0 unspecified atom stereocenters. The summed E-state index contributed by atoms with van der Waals surface area (Å²) in [5.41, 5.74) is 3.23. The summed E-state index contributed by atoms with van der Waals surface area (Å²) in [4.78, 5) is 11.5. The largest absolute Gasteiger partial charge is 0.495 e. The van der Waals surface area contributed by atoms with E-state index in [-0.39, 0.29) is 5.91 Å². The highest BCUT2D eigenvalue weighted by Gasteiger charge is 2.23. The molecule has 1 amide bonds. The van der Waals surface area contributed by atoms with Crippen LogP contribution in [0.25, 0.3) is 0 Å². The number of hydrogen-bond acceptors (Lipinski definition) is 3. The number of carbonyl (C=O) groups excluding carboxylic acids is 1. The first-order chi connectivity index (χ1) is 9.26. The average Bonchev–Trinajstić information content (AvgIpc) is 2.79. The average molecular weight is 260 g/mol. The van der Waals surface area contributed by atoms with Crippen molar-refractivity contribution in [2.45, 2.75) is 25.7 Å². The Morgan fingerprint density at radius 1 is 1.32 bits per heavy atom. The lowest BCUT2D eigenvalue weighted by atomic mass is 9.90. The number of anilines is 1. The SMILES string of the molecule is COc1cc(CC2CCNCC2)cc2c1NC(=O)C2. The van der Waals surface area contributed by atoms with Crippen LogP contribution in [0.5, 0.6) is 5.75 Å². The second-order valence-electron chi connectivity index (χ2n) is 5.45. The third-order valence-corrected chi connectivity index (χ3v) is 4.06. The maximum Gasteiger partial charge on any atom is 0.228 e. The Hall–Kier alpha value is -1.55. The van der Waals surface area contributed by atoms with Gasteiger partial charge in [-0.15, -0.1) is 0 Å². The van der Waals surface area contributed by atoms with Crippen molar-refractivity contribution in [3.63, 3.8) is 0 Å². The first-order valence-electron chi connectivity index (χ1n) is 6.96. The van der Waals surface area contributed by atoms with E-state index in [1.165, 1.54) is 18.4 Å². The Morgan fingerprint density at radius 3 is 2.84 bits per heavy atom. The molecule has 0 aliphatic carbocycles. The van der Waals surface area contributed by atoms with Crippen LogP contribution in [0.1, 0.15) is 24.0 Å². The topological polar surface area (TPSA) is 50.4 Å². The molecule has 4 heteroatoms. The molecule has 19 heavy (non-hydrogen) atoms. The molecule has 0 aromatic heterocycles. The van der Waals surface area contributed by atoms with E-state index < -0.39 is 0 Å². The molecule has 2 N–H and O–H groups in total. The first-order valence-corrected chi connectivity index (χ1v) is 6.96. The van der Waals surface area contributed by atoms with Gasteiger partial charge in [-0.1, -0.05) is 6.07 Å². The van der Waals surface area contributed by atoms with Crippen molar-refractivity contribution in [1.82, 2.24) is 5.32 Å². The van der Waals surface area contributed by atoms with Crippen molar-refractivity contribution in [2.24, 2.45) is 5.92 Å². The standard InChI is InChI=1S/C15H20N2O2/c1-19-13-8-11(6-10-2-4-16-5-3-10)7-12-9-14(18)17-15(12)13/h7-8,10,16H,2-6,9H2,1H3,(H,17,18). The fourth-order valence-electron chi connectivity index (χ4n) is 3.07. The van der Waals surface area contributed by atoms with Gasteiger partial charge in [-0.25, -0.2) is 0 Å². The molecule has 0 saturated carbocycles. The fourth-order valence-corrected chi connectivity index (χ4v) is 3.07. The van der Waals surface area contributed by atoms with E-state index in [0.717, 1.165) is 42.4 Å². The lowest BCUT2D eigenvalue weighted by Crippen LogP contribution is -2.28. The van der Waals surface area contributed by atoms with Crippen LogP contribution in [0.4, 0.5) is 5.69 Å². The van der Waals surface area contributed by atoms with Crippen molar-refractivity contribution < 1.29 is 9.53 Å². The Balaban J connectivity index is 1.82. The van der Waals surface area contributed by atoms with Gasteiger partial charge in [0, 0.05) is 0 Å². The fraction of sp³-hybridized carbons (Fsp3) is 0.533. The predicted molar refractivity (Wildman–Crippen MR) is 74.6 cm³/mol. The highest BCUT2D eigenvalue weighted by molar-refractivity contribution is 6.01. The van der Waals surface area contributed by atoms with Gasteiger partial charge in [0.2, 0.25) is 5.91 Å². The van der Waals surface area contributed by atoms with Crippen LogP contribution in [0.2, 0.25) is 0 Å². The second kappa shape index (κ2) is 5.21. The number of amides is 1. The van der Waals surface area contributed by atoms with Gasteiger partial charge in [-0.05, 0) is 55.5 Å². The number of piperidine rings is 1. The molecular formula is C15H20N2O2.